The number of amides is 1. The van der Waals surface area contributed by atoms with Crippen molar-refractivity contribution in [3.8, 4) is 0 Å². The molecule has 2 aromatic rings. The van der Waals surface area contributed by atoms with E-state index in [2.05, 4.69) is 15.3 Å². The second-order valence-corrected chi connectivity index (χ2v) is 6.11. The van der Waals surface area contributed by atoms with E-state index in [0.717, 1.165) is 35.8 Å². The molecule has 1 fully saturated rings. The normalized spacial score (nSPS) is 18.0. The predicted octanol–water partition coefficient (Wildman–Crippen LogP) is 2.49. The van der Waals surface area contributed by atoms with E-state index >= 15 is 0 Å². The van der Waals surface area contributed by atoms with Crippen molar-refractivity contribution in [1.82, 2.24) is 14.9 Å². The van der Waals surface area contributed by atoms with Crippen LogP contribution in [0.4, 0.5) is 5.82 Å². The highest BCUT2D eigenvalue weighted by atomic mass is 32.1. The third-order valence-electron chi connectivity index (χ3n) is 3.73. The fraction of sp³-hybridized carbons (Fsp3) is 0.400. The van der Waals surface area contributed by atoms with Gasteiger partial charge < -0.3 is 10.2 Å². The summed E-state index contributed by atoms with van der Waals surface area (Å²) < 4.78 is 0. The lowest BCUT2D eigenvalue weighted by atomic mass is 10.1. The Bertz CT molecular complexity index is 614. The number of nitrogens with zero attached hydrogens (tertiary/aromatic N) is 3. The van der Waals surface area contributed by atoms with Crippen LogP contribution in [0.3, 0.4) is 0 Å². The number of carbonyl (C=O) groups is 1. The van der Waals surface area contributed by atoms with Gasteiger partial charge >= 0.3 is 0 Å². The minimum Gasteiger partial charge on any atom is -0.372 e. The van der Waals surface area contributed by atoms with Gasteiger partial charge in [-0.1, -0.05) is 6.07 Å². The number of rotatable bonds is 4. The number of anilines is 1. The van der Waals surface area contributed by atoms with Crippen molar-refractivity contribution in [2.45, 2.75) is 25.3 Å². The van der Waals surface area contributed by atoms with E-state index in [1.165, 1.54) is 0 Å². The molecule has 21 heavy (non-hydrogen) atoms. The minimum absolute atomic E-state index is 0.0539. The molecule has 3 rings (SSSR count). The van der Waals surface area contributed by atoms with Gasteiger partial charge in [0.2, 0.25) is 5.91 Å². The van der Waals surface area contributed by atoms with Crippen LogP contribution in [0.25, 0.3) is 0 Å². The average Bonchev–Trinajstić information content (AvgIpc) is 3.18. The topological polar surface area (TPSA) is 58.1 Å². The van der Waals surface area contributed by atoms with Crippen molar-refractivity contribution in [1.29, 1.82) is 0 Å². The van der Waals surface area contributed by atoms with Gasteiger partial charge in [0, 0.05) is 18.5 Å². The summed E-state index contributed by atoms with van der Waals surface area (Å²) in [7, 11) is 1.82. The Morgan fingerprint density at radius 1 is 1.52 bits per heavy atom. The van der Waals surface area contributed by atoms with Gasteiger partial charge in [-0.3, -0.25) is 9.78 Å². The van der Waals surface area contributed by atoms with E-state index in [9.17, 15) is 4.79 Å². The van der Waals surface area contributed by atoms with E-state index in [-0.39, 0.29) is 11.9 Å². The highest BCUT2D eigenvalue weighted by Crippen LogP contribution is 2.31. The minimum atomic E-state index is 0.0539. The SMILES string of the molecule is CNc1cncc([C@@H]2CCCN2C(=O)Cc2cccs2)n1. The molecule has 1 aliphatic rings. The summed E-state index contributed by atoms with van der Waals surface area (Å²) in [6.45, 7) is 0.806. The largest absolute Gasteiger partial charge is 0.372 e. The smallest absolute Gasteiger partial charge is 0.228 e. The second-order valence-electron chi connectivity index (χ2n) is 5.08. The molecule has 1 amide bonds. The summed E-state index contributed by atoms with van der Waals surface area (Å²) in [5, 5.41) is 5.00. The van der Waals surface area contributed by atoms with E-state index in [1.54, 1.807) is 23.7 Å². The van der Waals surface area contributed by atoms with Gasteiger partial charge in [-0.2, -0.15) is 0 Å². The molecule has 0 aromatic carbocycles. The van der Waals surface area contributed by atoms with Gasteiger partial charge in [0.25, 0.3) is 0 Å². The molecule has 1 aliphatic heterocycles. The first kappa shape index (κ1) is 14.0. The predicted molar refractivity (Wildman–Crippen MR) is 83.3 cm³/mol. The lowest BCUT2D eigenvalue weighted by Crippen LogP contribution is -2.32. The van der Waals surface area contributed by atoms with Gasteiger partial charge in [0.1, 0.15) is 5.82 Å². The summed E-state index contributed by atoms with van der Waals surface area (Å²) in [6.07, 6.45) is 5.91. The highest BCUT2D eigenvalue weighted by molar-refractivity contribution is 7.10. The van der Waals surface area contributed by atoms with Crippen molar-refractivity contribution in [2.24, 2.45) is 0 Å². The molecule has 0 aliphatic carbocycles. The van der Waals surface area contributed by atoms with Crippen LogP contribution in [-0.2, 0) is 11.2 Å². The zero-order chi connectivity index (χ0) is 14.7. The maximum absolute atomic E-state index is 12.5. The van der Waals surface area contributed by atoms with E-state index in [4.69, 9.17) is 0 Å². The molecule has 0 unspecified atom stereocenters. The molecule has 0 saturated carbocycles. The Balaban J connectivity index is 1.76. The second kappa shape index (κ2) is 6.22. The lowest BCUT2D eigenvalue weighted by molar-refractivity contribution is -0.131. The molecule has 0 radical (unpaired) electrons. The summed E-state index contributed by atoms with van der Waals surface area (Å²) in [5.41, 5.74) is 0.874. The Hall–Kier alpha value is -1.95. The molecular formula is C15H18N4OS. The molecule has 1 saturated heterocycles. The van der Waals surface area contributed by atoms with Crippen LogP contribution >= 0.6 is 11.3 Å². The van der Waals surface area contributed by atoms with Gasteiger partial charge in [-0.25, -0.2) is 4.98 Å². The number of hydrogen-bond donors (Lipinski definition) is 1. The molecule has 110 valence electrons. The van der Waals surface area contributed by atoms with Crippen molar-refractivity contribution >= 4 is 23.1 Å². The summed E-state index contributed by atoms with van der Waals surface area (Å²) in [4.78, 5) is 24.3. The van der Waals surface area contributed by atoms with Gasteiger partial charge in [-0.15, -0.1) is 11.3 Å². The van der Waals surface area contributed by atoms with Gasteiger partial charge in [-0.05, 0) is 24.3 Å². The Kier molecular flexibility index (Phi) is 4.15. The van der Waals surface area contributed by atoms with E-state index in [1.807, 2.05) is 29.5 Å². The Morgan fingerprint density at radius 2 is 2.43 bits per heavy atom. The van der Waals surface area contributed by atoms with Crippen LogP contribution in [-0.4, -0.2) is 34.4 Å². The highest BCUT2D eigenvalue weighted by Gasteiger charge is 2.31. The average molecular weight is 302 g/mol. The zero-order valence-corrected chi connectivity index (χ0v) is 12.8. The zero-order valence-electron chi connectivity index (χ0n) is 12.0. The van der Waals surface area contributed by atoms with Crippen LogP contribution in [0.15, 0.2) is 29.9 Å². The first-order chi connectivity index (χ1) is 10.3. The molecule has 1 N–H and O–H groups in total. The van der Waals surface area contributed by atoms with Crippen molar-refractivity contribution in [3.63, 3.8) is 0 Å². The number of hydrogen-bond acceptors (Lipinski definition) is 5. The van der Waals surface area contributed by atoms with Gasteiger partial charge in [0.15, 0.2) is 0 Å². The number of nitrogens with one attached hydrogen (secondary N) is 1. The van der Waals surface area contributed by atoms with Crippen molar-refractivity contribution < 1.29 is 4.79 Å². The fourth-order valence-electron chi connectivity index (χ4n) is 2.70. The lowest BCUT2D eigenvalue weighted by Gasteiger charge is -2.24. The maximum Gasteiger partial charge on any atom is 0.228 e. The molecule has 3 heterocycles. The van der Waals surface area contributed by atoms with Crippen LogP contribution < -0.4 is 5.32 Å². The van der Waals surface area contributed by atoms with Crippen LogP contribution in [0.2, 0.25) is 0 Å². The molecule has 5 nitrogen and oxygen atoms in total. The molecule has 6 heteroatoms. The third-order valence-corrected chi connectivity index (χ3v) is 4.61. The van der Waals surface area contributed by atoms with Crippen LogP contribution in [0.1, 0.15) is 29.5 Å². The van der Waals surface area contributed by atoms with E-state index in [0.29, 0.717) is 6.42 Å². The Morgan fingerprint density at radius 3 is 3.19 bits per heavy atom. The van der Waals surface area contributed by atoms with Crippen molar-refractivity contribution in [3.05, 3.63) is 40.5 Å². The number of aromatic nitrogens is 2. The number of likely N-dealkylation sites (tertiary alicyclic amines) is 1. The van der Waals surface area contributed by atoms with E-state index < -0.39 is 0 Å². The standard InChI is InChI=1S/C15H18N4OS/c1-16-14-10-17-9-12(18-14)13-5-2-6-19(13)15(20)8-11-4-3-7-21-11/h3-4,7,9-10,13H,2,5-6,8H2,1H3,(H,16,18)/t13-/m0/s1. The van der Waals surface area contributed by atoms with Crippen LogP contribution in [0, 0.1) is 0 Å². The molecule has 0 bridgehead atoms. The van der Waals surface area contributed by atoms with Crippen molar-refractivity contribution in [2.75, 3.05) is 18.9 Å². The molecule has 0 spiro atoms. The summed E-state index contributed by atoms with van der Waals surface area (Å²) in [5.74, 6) is 0.918. The third kappa shape index (κ3) is 3.05. The quantitative estimate of drug-likeness (QED) is 0.942. The fourth-order valence-corrected chi connectivity index (χ4v) is 3.39. The number of carbonyl (C=O) groups excluding carboxylic acids is 1. The number of thiophene rings is 1. The van der Waals surface area contributed by atoms with Crippen LogP contribution in [0.5, 0.6) is 0 Å². The summed E-state index contributed by atoms with van der Waals surface area (Å²) >= 11 is 1.63. The molecule has 1 atom stereocenters. The van der Waals surface area contributed by atoms with Gasteiger partial charge in [0.05, 0.1) is 30.6 Å². The Labute approximate surface area is 128 Å². The summed E-state index contributed by atoms with van der Waals surface area (Å²) in [6, 6.07) is 4.05. The monoisotopic (exact) mass is 302 g/mol. The first-order valence-electron chi connectivity index (χ1n) is 7.09. The first-order valence-corrected chi connectivity index (χ1v) is 7.97. The molecular weight excluding hydrogens is 284 g/mol. The maximum atomic E-state index is 12.5. The molecule has 2 aromatic heterocycles.